The van der Waals surface area contributed by atoms with Gasteiger partial charge in [-0.05, 0) is 58.7 Å². The van der Waals surface area contributed by atoms with Gasteiger partial charge in [0.25, 0.3) is 0 Å². The fourth-order valence-electron chi connectivity index (χ4n) is 3.51. The van der Waals surface area contributed by atoms with Gasteiger partial charge in [0.05, 0.1) is 12.3 Å². The maximum absolute atomic E-state index is 13.6. The van der Waals surface area contributed by atoms with E-state index in [1.165, 1.54) is 6.33 Å². The van der Waals surface area contributed by atoms with Gasteiger partial charge in [0.2, 0.25) is 5.91 Å². The van der Waals surface area contributed by atoms with Crippen LogP contribution in [0.3, 0.4) is 0 Å². The lowest BCUT2D eigenvalue weighted by atomic mass is 9.95. The molecule has 1 aromatic heterocycles. The van der Waals surface area contributed by atoms with Gasteiger partial charge < -0.3 is 14.4 Å². The number of rotatable bonds is 5. The molecule has 0 radical (unpaired) electrons. The molecule has 0 saturated carbocycles. The number of hydrogen-bond donors (Lipinski definition) is 0. The van der Waals surface area contributed by atoms with Crippen molar-refractivity contribution < 1.29 is 19.1 Å². The van der Waals surface area contributed by atoms with Gasteiger partial charge >= 0.3 is 6.09 Å². The fraction of sp³-hybridized carbons (Fsp3) is 0.478. The Kier molecular flexibility index (Phi) is 7.09. The summed E-state index contributed by atoms with van der Waals surface area (Å²) in [4.78, 5) is 37.5. The average molecular weight is 427 g/mol. The molecule has 1 fully saturated rings. The van der Waals surface area contributed by atoms with Gasteiger partial charge in [-0.15, -0.1) is 0 Å². The minimum atomic E-state index is -0.545. The standard InChI is InChI=1S/C23H30N4O4/c1-5-30-19-9-7-6-8-18(19)27(20-10-13-24-16-25-20)21(28)17-11-14-26(15-12-17)22(29)31-23(2,3)4/h6-10,13,16-17H,5,11-12,14-15H2,1-4H3. The number of piperidine rings is 1. The van der Waals surface area contributed by atoms with Gasteiger partial charge in [-0.25, -0.2) is 14.8 Å². The van der Waals surface area contributed by atoms with E-state index in [2.05, 4.69) is 9.97 Å². The van der Waals surface area contributed by atoms with E-state index in [1.807, 2.05) is 52.0 Å². The van der Waals surface area contributed by atoms with Crippen molar-refractivity contribution in [2.75, 3.05) is 24.6 Å². The maximum atomic E-state index is 13.6. The van der Waals surface area contributed by atoms with Crippen molar-refractivity contribution in [2.24, 2.45) is 5.92 Å². The summed E-state index contributed by atoms with van der Waals surface area (Å²) in [6.45, 7) is 8.85. The van der Waals surface area contributed by atoms with E-state index in [-0.39, 0.29) is 17.9 Å². The highest BCUT2D eigenvalue weighted by Crippen LogP contribution is 2.35. The summed E-state index contributed by atoms with van der Waals surface area (Å²) in [5.41, 5.74) is 0.0962. The number of nitrogens with zero attached hydrogens (tertiary/aromatic N) is 4. The fourth-order valence-corrected chi connectivity index (χ4v) is 3.51. The molecule has 0 N–H and O–H groups in total. The van der Waals surface area contributed by atoms with Crippen LogP contribution in [0.5, 0.6) is 5.75 Å². The van der Waals surface area contributed by atoms with Crippen LogP contribution in [0.4, 0.5) is 16.3 Å². The van der Waals surface area contributed by atoms with Crippen LogP contribution < -0.4 is 9.64 Å². The van der Waals surface area contributed by atoms with Gasteiger partial charge in [0.15, 0.2) is 0 Å². The van der Waals surface area contributed by atoms with Gasteiger partial charge in [-0.3, -0.25) is 9.69 Å². The Morgan fingerprint density at radius 3 is 2.48 bits per heavy atom. The number of anilines is 2. The molecule has 1 aliphatic rings. The first-order valence-corrected chi connectivity index (χ1v) is 10.6. The molecule has 0 bridgehead atoms. The second-order valence-electron chi connectivity index (χ2n) is 8.38. The Morgan fingerprint density at radius 1 is 1.16 bits per heavy atom. The van der Waals surface area contributed by atoms with Crippen molar-refractivity contribution in [3.05, 3.63) is 42.9 Å². The average Bonchev–Trinajstić information content (AvgIpc) is 2.75. The second-order valence-corrected chi connectivity index (χ2v) is 8.38. The molecular weight excluding hydrogens is 396 g/mol. The van der Waals surface area contributed by atoms with Crippen molar-refractivity contribution in [1.29, 1.82) is 0 Å². The highest BCUT2D eigenvalue weighted by atomic mass is 16.6. The summed E-state index contributed by atoms with van der Waals surface area (Å²) in [6.07, 6.45) is 3.79. The SMILES string of the molecule is CCOc1ccccc1N(C(=O)C1CCN(C(=O)OC(C)(C)C)CC1)c1ccncn1. The maximum Gasteiger partial charge on any atom is 0.410 e. The highest BCUT2D eigenvalue weighted by Gasteiger charge is 2.34. The quantitative estimate of drug-likeness (QED) is 0.713. The first-order valence-electron chi connectivity index (χ1n) is 10.6. The zero-order valence-corrected chi connectivity index (χ0v) is 18.6. The van der Waals surface area contributed by atoms with Gasteiger partial charge in [0.1, 0.15) is 23.5 Å². The number of carbonyl (C=O) groups is 2. The minimum Gasteiger partial charge on any atom is -0.492 e. The summed E-state index contributed by atoms with van der Waals surface area (Å²) >= 11 is 0. The second kappa shape index (κ2) is 9.76. The van der Waals surface area contributed by atoms with Crippen LogP contribution in [-0.4, -0.2) is 52.2 Å². The first kappa shape index (κ1) is 22.5. The molecule has 8 nitrogen and oxygen atoms in total. The Labute approximate surface area is 183 Å². The van der Waals surface area contributed by atoms with Crippen molar-refractivity contribution >= 4 is 23.5 Å². The van der Waals surface area contributed by atoms with Gasteiger partial charge in [-0.1, -0.05) is 12.1 Å². The van der Waals surface area contributed by atoms with E-state index in [1.54, 1.807) is 22.1 Å². The molecule has 2 heterocycles. The summed E-state index contributed by atoms with van der Waals surface area (Å²) in [5, 5.41) is 0. The molecule has 2 aromatic rings. The van der Waals surface area contributed by atoms with Crippen LogP contribution in [0.2, 0.25) is 0 Å². The number of likely N-dealkylation sites (tertiary alicyclic amines) is 1. The topological polar surface area (TPSA) is 84.9 Å². The lowest BCUT2D eigenvalue weighted by Crippen LogP contribution is -2.45. The zero-order valence-electron chi connectivity index (χ0n) is 18.6. The highest BCUT2D eigenvalue weighted by molar-refractivity contribution is 6.02. The van der Waals surface area contributed by atoms with Crippen LogP contribution in [0.25, 0.3) is 0 Å². The largest absolute Gasteiger partial charge is 0.492 e. The summed E-state index contributed by atoms with van der Waals surface area (Å²) in [5.74, 6) is 0.780. The molecular formula is C23H30N4O4. The molecule has 1 aliphatic heterocycles. The van der Waals surface area contributed by atoms with E-state index in [0.717, 1.165) is 0 Å². The third kappa shape index (κ3) is 5.71. The number of para-hydroxylation sites is 2. The van der Waals surface area contributed by atoms with Crippen molar-refractivity contribution in [1.82, 2.24) is 14.9 Å². The molecule has 1 aromatic carbocycles. The Balaban J connectivity index is 1.81. The molecule has 1 saturated heterocycles. The van der Waals surface area contributed by atoms with Crippen LogP contribution in [0, 0.1) is 5.92 Å². The van der Waals surface area contributed by atoms with Crippen LogP contribution in [0.15, 0.2) is 42.9 Å². The lowest BCUT2D eigenvalue weighted by molar-refractivity contribution is -0.123. The predicted octanol–water partition coefficient (Wildman–Crippen LogP) is 4.19. The third-order valence-corrected chi connectivity index (χ3v) is 4.92. The number of carbonyl (C=O) groups excluding carboxylic acids is 2. The molecule has 0 unspecified atom stereocenters. The van der Waals surface area contributed by atoms with E-state index >= 15 is 0 Å². The van der Waals surface area contributed by atoms with Crippen molar-refractivity contribution in [3.8, 4) is 5.75 Å². The monoisotopic (exact) mass is 426 g/mol. The Morgan fingerprint density at radius 2 is 1.87 bits per heavy atom. The predicted molar refractivity (Wildman–Crippen MR) is 117 cm³/mol. The molecule has 166 valence electrons. The molecule has 0 spiro atoms. The number of hydrogen-bond acceptors (Lipinski definition) is 6. The van der Waals surface area contributed by atoms with E-state index in [9.17, 15) is 9.59 Å². The summed E-state index contributed by atoms with van der Waals surface area (Å²) in [6, 6.07) is 9.13. The van der Waals surface area contributed by atoms with Crippen LogP contribution >= 0.6 is 0 Å². The minimum absolute atomic E-state index is 0.0744. The number of ether oxygens (including phenoxy) is 2. The molecule has 2 amide bonds. The Bertz CT molecular complexity index is 890. The van der Waals surface area contributed by atoms with Crippen LogP contribution in [0.1, 0.15) is 40.5 Å². The lowest BCUT2D eigenvalue weighted by Gasteiger charge is -2.35. The van der Waals surface area contributed by atoms with Crippen molar-refractivity contribution in [3.63, 3.8) is 0 Å². The molecule has 8 heteroatoms. The van der Waals surface area contributed by atoms with E-state index in [0.29, 0.717) is 49.8 Å². The third-order valence-electron chi connectivity index (χ3n) is 4.92. The van der Waals surface area contributed by atoms with Gasteiger partial charge in [0, 0.05) is 25.2 Å². The van der Waals surface area contributed by atoms with Crippen LogP contribution in [-0.2, 0) is 9.53 Å². The molecule has 3 rings (SSSR count). The Hall–Kier alpha value is -3.16. The molecule has 0 atom stereocenters. The normalized spacial score (nSPS) is 14.8. The number of amides is 2. The zero-order chi connectivity index (χ0) is 22.4. The summed E-state index contributed by atoms with van der Waals surface area (Å²) < 4.78 is 11.2. The number of aromatic nitrogens is 2. The van der Waals surface area contributed by atoms with Crippen molar-refractivity contribution in [2.45, 2.75) is 46.1 Å². The number of benzene rings is 1. The smallest absolute Gasteiger partial charge is 0.410 e. The van der Waals surface area contributed by atoms with Gasteiger partial charge in [-0.2, -0.15) is 0 Å². The first-order chi connectivity index (χ1) is 14.8. The van der Waals surface area contributed by atoms with E-state index in [4.69, 9.17) is 9.47 Å². The molecule has 0 aliphatic carbocycles. The summed E-state index contributed by atoms with van der Waals surface area (Å²) in [7, 11) is 0. The molecule has 31 heavy (non-hydrogen) atoms. The van der Waals surface area contributed by atoms with E-state index < -0.39 is 5.60 Å².